The summed E-state index contributed by atoms with van der Waals surface area (Å²) in [7, 11) is 0. The molecule has 0 fully saturated rings. The van der Waals surface area contributed by atoms with Crippen LogP contribution in [0.4, 0.5) is 11.5 Å². The van der Waals surface area contributed by atoms with Crippen LogP contribution in [0.3, 0.4) is 0 Å². The molecule has 0 aliphatic heterocycles. The van der Waals surface area contributed by atoms with Crippen molar-refractivity contribution >= 4 is 29.2 Å². The van der Waals surface area contributed by atoms with Crippen LogP contribution in [0.5, 0.6) is 0 Å². The highest BCUT2D eigenvalue weighted by atomic mass is 32.2. The zero-order chi connectivity index (χ0) is 15.2. The summed E-state index contributed by atoms with van der Waals surface area (Å²) in [5.41, 5.74) is 6.57. The summed E-state index contributed by atoms with van der Waals surface area (Å²) in [6.07, 6.45) is 1.35. The van der Waals surface area contributed by atoms with Crippen LogP contribution in [0, 0.1) is 11.3 Å². The molecule has 0 bridgehead atoms. The molecule has 3 N–H and O–H groups in total. The molecule has 1 amide bonds. The fourth-order valence-corrected chi connectivity index (χ4v) is 2.24. The molecule has 106 valence electrons. The van der Waals surface area contributed by atoms with E-state index < -0.39 is 5.25 Å². The van der Waals surface area contributed by atoms with Gasteiger partial charge in [-0.05, 0) is 19.1 Å². The van der Waals surface area contributed by atoms with Gasteiger partial charge in [-0.25, -0.2) is 9.97 Å². The number of aromatic nitrogens is 2. The normalized spacial score (nSPS) is 11.4. The van der Waals surface area contributed by atoms with E-state index in [0.29, 0.717) is 5.16 Å². The summed E-state index contributed by atoms with van der Waals surface area (Å²) in [6, 6.07) is 11.1. The molecule has 21 heavy (non-hydrogen) atoms. The van der Waals surface area contributed by atoms with Crippen molar-refractivity contribution in [2.75, 3.05) is 11.1 Å². The van der Waals surface area contributed by atoms with Gasteiger partial charge in [-0.3, -0.25) is 4.79 Å². The van der Waals surface area contributed by atoms with E-state index in [9.17, 15) is 4.79 Å². The summed E-state index contributed by atoms with van der Waals surface area (Å²) in [5, 5.41) is 11.5. The second-order valence-electron chi connectivity index (χ2n) is 4.18. The minimum Gasteiger partial charge on any atom is -0.382 e. The Bertz CT molecular complexity index is 684. The van der Waals surface area contributed by atoms with Crippen molar-refractivity contribution in [1.82, 2.24) is 9.97 Å². The first-order chi connectivity index (χ1) is 10.1. The number of rotatable bonds is 4. The van der Waals surface area contributed by atoms with Gasteiger partial charge in [-0.2, -0.15) is 5.26 Å². The molecule has 0 unspecified atom stereocenters. The Morgan fingerprint density at radius 3 is 2.76 bits per heavy atom. The lowest BCUT2D eigenvalue weighted by molar-refractivity contribution is -0.115. The monoisotopic (exact) mass is 299 g/mol. The second kappa shape index (κ2) is 6.72. The zero-order valence-electron chi connectivity index (χ0n) is 11.3. The largest absolute Gasteiger partial charge is 0.382 e. The number of carbonyl (C=O) groups is 1. The van der Waals surface area contributed by atoms with Gasteiger partial charge >= 0.3 is 0 Å². The SMILES string of the molecule is C[C@H](Sc1ncc(C#N)c(N)n1)C(=O)Nc1ccccc1. The molecule has 0 aliphatic carbocycles. The molecule has 1 heterocycles. The first-order valence-electron chi connectivity index (χ1n) is 6.15. The van der Waals surface area contributed by atoms with Gasteiger partial charge in [-0.15, -0.1) is 0 Å². The molecule has 6 nitrogen and oxygen atoms in total. The average molecular weight is 299 g/mol. The van der Waals surface area contributed by atoms with Crippen molar-refractivity contribution in [3.63, 3.8) is 0 Å². The quantitative estimate of drug-likeness (QED) is 0.661. The predicted molar refractivity (Wildman–Crippen MR) is 81.6 cm³/mol. The summed E-state index contributed by atoms with van der Waals surface area (Å²) in [5.74, 6) is -0.0385. The highest BCUT2D eigenvalue weighted by Crippen LogP contribution is 2.22. The van der Waals surface area contributed by atoms with Crippen LogP contribution in [-0.4, -0.2) is 21.1 Å². The number of anilines is 2. The third-order valence-corrected chi connectivity index (χ3v) is 3.58. The van der Waals surface area contributed by atoms with E-state index in [0.717, 1.165) is 5.69 Å². The van der Waals surface area contributed by atoms with Gasteiger partial charge < -0.3 is 11.1 Å². The Labute approximate surface area is 126 Å². The number of thioether (sulfide) groups is 1. The van der Waals surface area contributed by atoms with E-state index in [1.165, 1.54) is 18.0 Å². The topological polar surface area (TPSA) is 105 Å². The molecule has 1 atom stereocenters. The molecule has 1 aromatic heterocycles. The van der Waals surface area contributed by atoms with E-state index in [1.807, 2.05) is 36.4 Å². The van der Waals surface area contributed by atoms with Gasteiger partial charge in [0, 0.05) is 5.69 Å². The van der Waals surface area contributed by atoms with Crippen LogP contribution >= 0.6 is 11.8 Å². The first-order valence-corrected chi connectivity index (χ1v) is 7.03. The molecule has 0 radical (unpaired) electrons. The number of amides is 1. The van der Waals surface area contributed by atoms with Crippen LogP contribution in [0.15, 0.2) is 41.7 Å². The van der Waals surface area contributed by atoms with Crippen LogP contribution in [0.25, 0.3) is 0 Å². The van der Waals surface area contributed by atoms with Gasteiger partial charge in [0.1, 0.15) is 17.5 Å². The fourth-order valence-electron chi connectivity index (χ4n) is 1.50. The van der Waals surface area contributed by atoms with Crippen LogP contribution in [-0.2, 0) is 4.79 Å². The third-order valence-electron chi connectivity index (χ3n) is 2.61. The van der Waals surface area contributed by atoms with Crippen LogP contribution in [0.2, 0.25) is 0 Å². The number of benzene rings is 1. The van der Waals surface area contributed by atoms with E-state index >= 15 is 0 Å². The maximum absolute atomic E-state index is 12.1. The molecule has 0 saturated carbocycles. The Kier molecular flexibility index (Phi) is 4.74. The standard InChI is InChI=1S/C14H13N5OS/c1-9(13(20)18-11-5-3-2-4-6-11)21-14-17-8-10(7-15)12(16)19-14/h2-6,8-9H,1H3,(H,18,20)(H2,16,17,19)/t9-/m0/s1. The van der Waals surface area contributed by atoms with Crippen molar-refractivity contribution in [3.05, 3.63) is 42.1 Å². The lowest BCUT2D eigenvalue weighted by atomic mass is 10.3. The number of nitrogens with one attached hydrogen (secondary N) is 1. The number of nitrogens with two attached hydrogens (primary N) is 1. The Hall–Kier alpha value is -2.59. The van der Waals surface area contributed by atoms with E-state index in [4.69, 9.17) is 11.0 Å². The van der Waals surface area contributed by atoms with Crippen molar-refractivity contribution in [3.8, 4) is 6.07 Å². The minimum absolute atomic E-state index is 0.116. The van der Waals surface area contributed by atoms with Gasteiger partial charge in [-0.1, -0.05) is 30.0 Å². The maximum atomic E-state index is 12.1. The number of nitrogen functional groups attached to an aromatic ring is 1. The molecule has 7 heteroatoms. The van der Waals surface area contributed by atoms with Crippen LogP contribution < -0.4 is 11.1 Å². The van der Waals surface area contributed by atoms with Crippen molar-refractivity contribution < 1.29 is 4.79 Å². The first kappa shape index (κ1) is 14.8. The minimum atomic E-state index is -0.391. The number of nitriles is 1. The van der Waals surface area contributed by atoms with Crippen LogP contribution in [0.1, 0.15) is 12.5 Å². The van der Waals surface area contributed by atoms with Gasteiger partial charge in [0.15, 0.2) is 5.16 Å². The predicted octanol–water partition coefficient (Wildman–Crippen LogP) is 2.05. The van der Waals surface area contributed by atoms with Crippen molar-refractivity contribution in [2.45, 2.75) is 17.3 Å². The van der Waals surface area contributed by atoms with E-state index in [2.05, 4.69) is 15.3 Å². The lowest BCUT2D eigenvalue weighted by Gasteiger charge is -2.11. The fraction of sp³-hybridized carbons (Fsp3) is 0.143. The Balaban J connectivity index is 2.01. The van der Waals surface area contributed by atoms with E-state index in [1.54, 1.807) is 6.92 Å². The summed E-state index contributed by atoms with van der Waals surface area (Å²) in [4.78, 5) is 20.1. The highest BCUT2D eigenvalue weighted by Gasteiger charge is 2.16. The molecule has 0 aliphatic rings. The molecule has 2 rings (SSSR count). The molecule has 1 aromatic carbocycles. The van der Waals surface area contributed by atoms with Gasteiger partial charge in [0.05, 0.1) is 11.4 Å². The Morgan fingerprint density at radius 2 is 2.14 bits per heavy atom. The van der Waals surface area contributed by atoms with Gasteiger partial charge in [0.2, 0.25) is 5.91 Å². The number of hydrogen-bond donors (Lipinski definition) is 2. The smallest absolute Gasteiger partial charge is 0.237 e. The molecular weight excluding hydrogens is 286 g/mol. The number of carbonyl (C=O) groups excluding carboxylic acids is 1. The molecule has 0 saturated heterocycles. The summed E-state index contributed by atoms with van der Waals surface area (Å²) >= 11 is 1.18. The molecule has 0 spiro atoms. The summed E-state index contributed by atoms with van der Waals surface area (Å²) < 4.78 is 0. The lowest BCUT2D eigenvalue weighted by Crippen LogP contribution is -2.22. The van der Waals surface area contributed by atoms with Gasteiger partial charge in [0.25, 0.3) is 0 Å². The van der Waals surface area contributed by atoms with Crippen molar-refractivity contribution in [1.29, 1.82) is 5.26 Å². The highest BCUT2D eigenvalue weighted by molar-refractivity contribution is 8.00. The van der Waals surface area contributed by atoms with E-state index in [-0.39, 0.29) is 17.3 Å². The number of hydrogen-bond acceptors (Lipinski definition) is 6. The number of para-hydroxylation sites is 1. The molecule has 2 aromatic rings. The van der Waals surface area contributed by atoms with Crippen molar-refractivity contribution in [2.24, 2.45) is 0 Å². The number of nitrogens with zero attached hydrogens (tertiary/aromatic N) is 3. The Morgan fingerprint density at radius 1 is 1.43 bits per heavy atom. The second-order valence-corrected chi connectivity index (χ2v) is 5.49. The maximum Gasteiger partial charge on any atom is 0.237 e. The zero-order valence-corrected chi connectivity index (χ0v) is 12.1. The molecular formula is C14H13N5OS. The summed E-state index contributed by atoms with van der Waals surface area (Å²) in [6.45, 7) is 1.75. The average Bonchev–Trinajstić information content (AvgIpc) is 2.48. The third kappa shape index (κ3) is 3.94.